The fraction of sp³-hybridized carbons (Fsp3) is 0.909. The van der Waals surface area contributed by atoms with Gasteiger partial charge >= 0.3 is 0 Å². The predicted molar refractivity (Wildman–Crippen MR) is 57.9 cm³/mol. The number of hydrogen-bond donors (Lipinski definition) is 1. The van der Waals surface area contributed by atoms with Crippen molar-refractivity contribution in [3.8, 4) is 0 Å². The van der Waals surface area contributed by atoms with Crippen molar-refractivity contribution >= 4 is 5.84 Å². The average molecular weight is 182 g/mol. The number of hydrogen-bond acceptors (Lipinski definition) is 1. The quantitative estimate of drug-likeness (QED) is 0.528. The first-order valence-electron chi connectivity index (χ1n) is 5.51. The number of rotatable bonds is 3. The third kappa shape index (κ3) is 2.45. The summed E-state index contributed by atoms with van der Waals surface area (Å²) in [5, 5.41) is 0. The van der Waals surface area contributed by atoms with Crippen LogP contribution in [0.4, 0.5) is 0 Å². The predicted octanol–water partition coefficient (Wildman–Crippen LogP) is 2.58. The molecule has 0 bridgehead atoms. The fourth-order valence-corrected chi connectivity index (χ4v) is 2.29. The van der Waals surface area contributed by atoms with E-state index in [4.69, 9.17) is 5.73 Å². The minimum absolute atomic E-state index is 0.505. The second kappa shape index (κ2) is 4.64. The van der Waals surface area contributed by atoms with E-state index in [1.807, 2.05) is 0 Å². The Bertz CT molecular complexity index is 187. The van der Waals surface area contributed by atoms with Gasteiger partial charge in [0, 0.05) is 6.42 Å². The van der Waals surface area contributed by atoms with Crippen molar-refractivity contribution < 1.29 is 0 Å². The van der Waals surface area contributed by atoms with Gasteiger partial charge in [-0.15, -0.1) is 0 Å². The van der Waals surface area contributed by atoms with E-state index in [1.54, 1.807) is 0 Å². The summed E-state index contributed by atoms with van der Waals surface area (Å²) in [6.45, 7) is 6.66. The van der Waals surface area contributed by atoms with Crippen LogP contribution in [0, 0.1) is 11.8 Å². The number of aliphatic imine (C=N–C) groups is 1. The molecule has 3 atom stereocenters. The van der Waals surface area contributed by atoms with E-state index in [-0.39, 0.29) is 0 Å². The lowest BCUT2D eigenvalue weighted by molar-refractivity contribution is 0.383. The molecule has 1 saturated carbocycles. The normalized spacial score (nSPS) is 35.3. The van der Waals surface area contributed by atoms with Gasteiger partial charge in [0.25, 0.3) is 0 Å². The van der Waals surface area contributed by atoms with Gasteiger partial charge in [0.05, 0.1) is 11.9 Å². The Hall–Kier alpha value is -0.530. The third-order valence-corrected chi connectivity index (χ3v) is 3.40. The molecule has 2 heteroatoms. The maximum atomic E-state index is 5.75. The third-order valence-electron chi connectivity index (χ3n) is 3.40. The number of nitrogens with two attached hydrogens (primary N) is 1. The smallest absolute Gasteiger partial charge is 0.0937 e. The van der Waals surface area contributed by atoms with Crippen molar-refractivity contribution in [2.75, 3.05) is 0 Å². The summed E-state index contributed by atoms with van der Waals surface area (Å²) in [5.41, 5.74) is 5.75. The lowest BCUT2D eigenvalue weighted by Crippen LogP contribution is -2.19. The largest absolute Gasteiger partial charge is 0.387 e. The van der Waals surface area contributed by atoms with E-state index in [0.717, 1.165) is 24.1 Å². The molecule has 0 aromatic rings. The molecule has 1 fully saturated rings. The van der Waals surface area contributed by atoms with Gasteiger partial charge in [0.1, 0.15) is 0 Å². The highest BCUT2D eigenvalue weighted by molar-refractivity contribution is 5.80. The van der Waals surface area contributed by atoms with Crippen molar-refractivity contribution in [3.63, 3.8) is 0 Å². The summed E-state index contributed by atoms with van der Waals surface area (Å²) in [5.74, 6) is 2.43. The molecular weight excluding hydrogens is 160 g/mol. The van der Waals surface area contributed by atoms with Crippen LogP contribution in [-0.4, -0.2) is 11.9 Å². The molecular formula is C11H22N2. The van der Waals surface area contributed by atoms with E-state index < -0.39 is 0 Å². The van der Waals surface area contributed by atoms with Gasteiger partial charge in [-0.05, 0) is 24.7 Å². The standard InChI is InChI=1S/C11H22N2/c1-4-9-6-7-10(8(9)3)13-11(12)5-2/h8-10H,4-7H2,1-3H3,(H2,12,13). The van der Waals surface area contributed by atoms with Crippen molar-refractivity contribution in [2.24, 2.45) is 22.6 Å². The van der Waals surface area contributed by atoms with Crippen LogP contribution in [0.2, 0.25) is 0 Å². The Morgan fingerprint density at radius 3 is 2.54 bits per heavy atom. The zero-order valence-corrected chi connectivity index (χ0v) is 9.09. The Kier molecular flexibility index (Phi) is 3.76. The highest BCUT2D eigenvalue weighted by Gasteiger charge is 2.31. The van der Waals surface area contributed by atoms with Crippen LogP contribution < -0.4 is 5.73 Å². The van der Waals surface area contributed by atoms with Crippen LogP contribution in [0.25, 0.3) is 0 Å². The molecule has 0 aliphatic heterocycles. The first kappa shape index (κ1) is 10.6. The van der Waals surface area contributed by atoms with E-state index >= 15 is 0 Å². The van der Waals surface area contributed by atoms with Gasteiger partial charge in [-0.25, -0.2) is 0 Å². The lowest BCUT2D eigenvalue weighted by Gasteiger charge is -2.16. The molecule has 1 aliphatic carbocycles. The van der Waals surface area contributed by atoms with Crippen LogP contribution in [0.1, 0.15) is 46.5 Å². The molecule has 0 heterocycles. The molecule has 0 amide bonds. The van der Waals surface area contributed by atoms with Gasteiger partial charge in [-0.2, -0.15) is 0 Å². The van der Waals surface area contributed by atoms with E-state index in [2.05, 4.69) is 25.8 Å². The Labute approximate surface area is 81.6 Å². The summed E-state index contributed by atoms with van der Waals surface area (Å²) >= 11 is 0. The number of amidine groups is 1. The summed E-state index contributed by atoms with van der Waals surface area (Å²) < 4.78 is 0. The highest BCUT2D eigenvalue weighted by Crippen LogP contribution is 2.35. The maximum Gasteiger partial charge on any atom is 0.0937 e. The molecule has 76 valence electrons. The van der Waals surface area contributed by atoms with Crippen molar-refractivity contribution in [2.45, 2.75) is 52.5 Å². The molecule has 1 aliphatic rings. The van der Waals surface area contributed by atoms with Gasteiger partial charge in [-0.3, -0.25) is 4.99 Å². The van der Waals surface area contributed by atoms with Crippen LogP contribution in [0.5, 0.6) is 0 Å². The molecule has 0 radical (unpaired) electrons. The summed E-state index contributed by atoms with van der Waals surface area (Å²) in [4.78, 5) is 4.57. The van der Waals surface area contributed by atoms with Crippen molar-refractivity contribution in [3.05, 3.63) is 0 Å². The van der Waals surface area contributed by atoms with Crippen molar-refractivity contribution in [1.82, 2.24) is 0 Å². The molecule has 0 saturated heterocycles. The monoisotopic (exact) mass is 182 g/mol. The number of nitrogens with zero attached hydrogens (tertiary/aromatic N) is 1. The molecule has 1 rings (SSSR count). The second-order valence-electron chi connectivity index (χ2n) is 4.15. The topological polar surface area (TPSA) is 38.4 Å². The molecule has 2 nitrogen and oxygen atoms in total. The van der Waals surface area contributed by atoms with Crippen LogP contribution in [0.3, 0.4) is 0 Å². The van der Waals surface area contributed by atoms with E-state index in [1.165, 1.54) is 19.3 Å². The zero-order chi connectivity index (χ0) is 9.84. The first-order chi connectivity index (χ1) is 6.19. The Morgan fingerprint density at radius 2 is 2.08 bits per heavy atom. The Balaban J connectivity index is 2.54. The SMILES string of the molecule is CCC(N)=NC1CCC(CC)C1C. The van der Waals surface area contributed by atoms with Gasteiger partial charge < -0.3 is 5.73 Å². The average Bonchev–Trinajstić information content (AvgIpc) is 2.48. The van der Waals surface area contributed by atoms with Gasteiger partial charge in [0.2, 0.25) is 0 Å². The molecule has 0 spiro atoms. The molecule has 13 heavy (non-hydrogen) atoms. The summed E-state index contributed by atoms with van der Waals surface area (Å²) in [6.07, 6.45) is 4.75. The Morgan fingerprint density at radius 1 is 1.38 bits per heavy atom. The lowest BCUT2D eigenvalue weighted by atomic mass is 9.94. The molecule has 2 N–H and O–H groups in total. The van der Waals surface area contributed by atoms with Crippen molar-refractivity contribution in [1.29, 1.82) is 0 Å². The second-order valence-corrected chi connectivity index (χ2v) is 4.15. The minimum Gasteiger partial charge on any atom is -0.387 e. The van der Waals surface area contributed by atoms with E-state index in [9.17, 15) is 0 Å². The highest BCUT2D eigenvalue weighted by atomic mass is 14.9. The molecule has 0 aromatic carbocycles. The van der Waals surface area contributed by atoms with E-state index in [0.29, 0.717) is 6.04 Å². The van der Waals surface area contributed by atoms with Crippen LogP contribution in [-0.2, 0) is 0 Å². The zero-order valence-electron chi connectivity index (χ0n) is 9.09. The fourth-order valence-electron chi connectivity index (χ4n) is 2.29. The molecule has 3 unspecified atom stereocenters. The van der Waals surface area contributed by atoms with Gasteiger partial charge in [-0.1, -0.05) is 27.2 Å². The van der Waals surface area contributed by atoms with Crippen LogP contribution >= 0.6 is 0 Å². The molecule has 0 aromatic heterocycles. The maximum absolute atomic E-state index is 5.75. The van der Waals surface area contributed by atoms with Crippen LogP contribution in [0.15, 0.2) is 4.99 Å². The first-order valence-corrected chi connectivity index (χ1v) is 5.51. The van der Waals surface area contributed by atoms with Gasteiger partial charge in [0.15, 0.2) is 0 Å². The summed E-state index contributed by atoms with van der Waals surface area (Å²) in [7, 11) is 0. The minimum atomic E-state index is 0.505. The summed E-state index contributed by atoms with van der Waals surface area (Å²) in [6, 6.07) is 0.505.